The number of aliphatic hydroxyl groups excluding tert-OH is 1. The van der Waals surface area contributed by atoms with Gasteiger partial charge in [-0.15, -0.1) is 0 Å². The van der Waals surface area contributed by atoms with Crippen LogP contribution in [0.5, 0.6) is 0 Å². The Morgan fingerprint density at radius 2 is 1.85 bits per heavy atom. The molecule has 3 saturated carbocycles. The third kappa shape index (κ3) is 5.11. The van der Waals surface area contributed by atoms with E-state index >= 15 is 0 Å². The maximum absolute atomic E-state index is 13.2. The van der Waals surface area contributed by atoms with Crippen molar-refractivity contribution in [1.82, 2.24) is 9.80 Å². The minimum absolute atomic E-state index is 0.0805. The van der Waals surface area contributed by atoms with Crippen molar-refractivity contribution in [1.29, 1.82) is 0 Å². The first-order valence-electron chi connectivity index (χ1n) is 15.9. The molecule has 0 unspecified atom stereocenters. The van der Waals surface area contributed by atoms with Gasteiger partial charge in [-0.05, 0) is 119 Å². The topological polar surface area (TPSA) is 81.1 Å². The molecule has 0 aromatic carbocycles. The maximum atomic E-state index is 13.2. The standard InChI is InChI=1S/C33H54N2O4/c1-21(7-12-29(37)34-17-18-35(22(2)20-34)30(38)31(3,4)39)26-10-11-27-25-9-8-23-19-24(36)13-15-32(23,5)28(25)14-16-33(26,27)6/h8,21-22,24-28,36,39H,7,9-20H2,1-6H3/t21-,22+,24+,25+,26-,27+,28+,32+,33-/m1/s1. The molecule has 5 aliphatic rings. The van der Waals surface area contributed by atoms with E-state index in [1.165, 1.54) is 46.0 Å². The fraction of sp³-hybridized carbons (Fsp3) is 0.879. The SMILES string of the molecule is C[C@H](CCC(=O)N1CCN(C(=O)C(C)(C)O)[C@@H](C)C1)[C@H]1CC[C@H]2[C@@H]3CC=C4C[C@@H](O)CC[C@]4(C)[C@H]3CC[C@]12C. The molecule has 4 aliphatic carbocycles. The monoisotopic (exact) mass is 542 g/mol. The highest BCUT2D eigenvalue weighted by atomic mass is 16.3. The van der Waals surface area contributed by atoms with E-state index in [0.717, 1.165) is 43.4 Å². The van der Waals surface area contributed by atoms with Crippen molar-refractivity contribution in [2.24, 2.45) is 40.4 Å². The zero-order chi connectivity index (χ0) is 28.3. The summed E-state index contributed by atoms with van der Waals surface area (Å²) in [5.74, 6) is 3.50. The lowest BCUT2D eigenvalue weighted by Crippen LogP contribution is -2.59. The molecule has 0 bridgehead atoms. The second kappa shape index (κ2) is 10.5. The van der Waals surface area contributed by atoms with Crippen molar-refractivity contribution in [3.63, 3.8) is 0 Å². The predicted molar refractivity (Wildman–Crippen MR) is 154 cm³/mol. The third-order valence-electron chi connectivity index (χ3n) is 12.4. The molecule has 5 rings (SSSR count). The number of aliphatic hydroxyl groups is 2. The number of nitrogens with zero attached hydrogens (tertiary/aromatic N) is 2. The van der Waals surface area contributed by atoms with E-state index < -0.39 is 5.60 Å². The molecule has 4 fully saturated rings. The number of hydrogen-bond donors (Lipinski definition) is 2. The van der Waals surface area contributed by atoms with Crippen molar-refractivity contribution in [3.05, 3.63) is 11.6 Å². The Balaban J connectivity index is 1.17. The molecule has 2 N–H and O–H groups in total. The number of amides is 2. The fourth-order valence-electron chi connectivity index (χ4n) is 10.2. The Morgan fingerprint density at radius 3 is 2.54 bits per heavy atom. The van der Waals surface area contributed by atoms with Gasteiger partial charge < -0.3 is 20.0 Å². The van der Waals surface area contributed by atoms with Crippen LogP contribution in [0.2, 0.25) is 0 Å². The Morgan fingerprint density at radius 1 is 1.10 bits per heavy atom. The Labute approximate surface area is 236 Å². The molecule has 1 saturated heterocycles. The van der Waals surface area contributed by atoms with Crippen molar-refractivity contribution in [2.75, 3.05) is 19.6 Å². The summed E-state index contributed by atoms with van der Waals surface area (Å²) in [5, 5.41) is 20.4. The molecular weight excluding hydrogens is 488 g/mol. The minimum atomic E-state index is -1.38. The van der Waals surface area contributed by atoms with Crippen molar-refractivity contribution < 1.29 is 19.8 Å². The lowest BCUT2D eigenvalue weighted by molar-refractivity contribution is -0.155. The van der Waals surface area contributed by atoms with Gasteiger partial charge in [0.1, 0.15) is 5.60 Å². The van der Waals surface area contributed by atoms with Crippen molar-refractivity contribution >= 4 is 11.8 Å². The van der Waals surface area contributed by atoms with E-state index in [9.17, 15) is 19.8 Å². The molecule has 0 aromatic heterocycles. The highest BCUT2D eigenvalue weighted by Gasteiger charge is 2.59. The predicted octanol–water partition coefficient (Wildman–Crippen LogP) is 5.17. The van der Waals surface area contributed by atoms with E-state index in [4.69, 9.17) is 0 Å². The third-order valence-corrected chi connectivity index (χ3v) is 12.4. The second-order valence-electron chi connectivity index (χ2n) is 15.1. The first-order chi connectivity index (χ1) is 18.3. The van der Waals surface area contributed by atoms with Crippen LogP contribution in [-0.2, 0) is 9.59 Å². The molecule has 6 nitrogen and oxygen atoms in total. The zero-order valence-corrected chi connectivity index (χ0v) is 25.4. The summed E-state index contributed by atoms with van der Waals surface area (Å²) in [6.07, 6.45) is 13.3. The molecule has 9 atom stereocenters. The molecule has 220 valence electrons. The molecule has 2 amide bonds. The van der Waals surface area contributed by atoms with Crippen LogP contribution < -0.4 is 0 Å². The van der Waals surface area contributed by atoms with Gasteiger partial charge in [-0.3, -0.25) is 9.59 Å². The number of rotatable bonds is 5. The molecule has 1 heterocycles. The second-order valence-corrected chi connectivity index (χ2v) is 15.1. The van der Waals surface area contributed by atoms with Gasteiger partial charge in [0.25, 0.3) is 5.91 Å². The Kier molecular flexibility index (Phi) is 7.80. The van der Waals surface area contributed by atoms with Gasteiger partial charge in [0, 0.05) is 32.1 Å². The smallest absolute Gasteiger partial charge is 0.254 e. The van der Waals surface area contributed by atoms with Crippen molar-refractivity contribution in [2.45, 2.75) is 123 Å². The van der Waals surface area contributed by atoms with E-state index in [2.05, 4.69) is 26.8 Å². The number of fused-ring (bicyclic) bond motifs is 5. The van der Waals surface area contributed by atoms with Gasteiger partial charge in [-0.25, -0.2) is 0 Å². The van der Waals surface area contributed by atoms with E-state index in [1.54, 1.807) is 10.5 Å². The first-order valence-corrected chi connectivity index (χ1v) is 15.9. The average Bonchev–Trinajstić information content (AvgIpc) is 3.23. The van der Waals surface area contributed by atoms with Gasteiger partial charge >= 0.3 is 0 Å². The van der Waals surface area contributed by atoms with Crippen LogP contribution in [0.3, 0.4) is 0 Å². The maximum Gasteiger partial charge on any atom is 0.254 e. The van der Waals surface area contributed by atoms with Gasteiger partial charge in [0.05, 0.1) is 6.10 Å². The van der Waals surface area contributed by atoms with E-state index in [1.807, 2.05) is 11.8 Å². The normalized spacial score (nSPS) is 41.3. The van der Waals surface area contributed by atoms with Crippen LogP contribution in [-0.4, -0.2) is 69.2 Å². The summed E-state index contributed by atoms with van der Waals surface area (Å²) < 4.78 is 0. The van der Waals surface area contributed by atoms with Gasteiger partial charge in [0.15, 0.2) is 0 Å². The number of carbonyl (C=O) groups is 2. The number of hydrogen-bond acceptors (Lipinski definition) is 4. The summed E-state index contributed by atoms with van der Waals surface area (Å²) in [7, 11) is 0. The molecule has 1 aliphatic heterocycles. The highest BCUT2D eigenvalue weighted by molar-refractivity contribution is 5.85. The van der Waals surface area contributed by atoms with Gasteiger partial charge in [-0.1, -0.05) is 32.4 Å². The van der Waals surface area contributed by atoms with Crippen LogP contribution >= 0.6 is 0 Å². The highest BCUT2D eigenvalue weighted by Crippen LogP contribution is 2.67. The number of allylic oxidation sites excluding steroid dienone is 1. The first kappa shape index (κ1) is 29.1. The number of carbonyl (C=O) groups excluding carboxylic acids is 2. The summed E-state index contributed by atoms with van der Waals surface area (Å²) in [4.78, 5) is 29.4. The zero-order valence-electron chi connectivity index (χ0n) is 25.4. The Hall–Kier alpha value is -1.40. The molecule has 0 aromatic rings. The summed E-state index contributed by atoms with van der Waals surface area (Å²) in [5.41, 5.74) is 0.832. The minimum Gasteiger partial charge on any atom is -0.393 e. The van der Waals surface area contributed by atoms with Crippen LogP contribution in [0.25, 0.3) is 0 Å². The average molecular weight is 543 g/mol. The lowest BCUT2D eigenvalue weighted by atomic mass is 9.47. The molecule has 6 heteroatoms. The van der Waals surface area contributed by atoms with Crippen LogP contribution in [0, 0.1) is 40.4 Å². The summed E-state index contributed by atoms with van der Waals surface area (Å²) in [6.45, 7) is 14.1. The molecule has 39 heavy (non-hydrogen) atoms. The van der Waals surface area contributed by atoms with Crippen molar-refractivity contribution in [3.8, 4) is 0 Å². The van der Waals surface area contributed by atoms with Gasteiger partial charge in [-0.2, -0.15) is 0 Å². The molecule has 0 radical (unpaired) electrons. The van der Waals surface area contributed by atoms with Crippen LogP contribution in [0.15, 0.2) is 11.6 Å². The lowest BCUT2D eigenvalue weighted by Gasteiger charge is -2.58. The van der Waals surface area contributed by atoms with Crippen LogP contribution in [0.1, 0.15) is 106 Å². The summed E-state index contributed by atoms with van der Waals surface area (Å²) in [6, 6.07) is -0.0805. The van der Waals surface area contributed by atoms with E-state index in [0.29, 0.717) is 43.3 Å². The molecule has 0 spiro atoms. The van der Waals surface area contributed by atoms with Crippen LogP contribution in [0.4, 0.5) is 0 Å². The quantitative estimate of drug-likeness (QED) is 0.470. The fourth-order valence-corrected chi connectivity index (χ4v) is 10.2. The molecular formula is C33H54N2O4. The number of piperazine rings is 1. The Bertz CT molecular complexity index is 987. The largest absolute Gasteiger partial charge is 0.393 e. The van der Waals surface area contributed by atoms with E-state index in [-0.39, 0.29) is 29.4 Å². The summed E-state index contributed by atoms with van der Waals surface area (Å²) >= 11 is 0. The van der Waals surface area contributed by atoms with Gasteiger partial charge in [0.2, 0.25) is 5.91 Å².